The van der Waals surface area contributed by atoms with Crippen LogP contribution in [-0.2, 0) is 4.74 Å². The first kappa shape index (κ1) is 16.5. The van der Waals surface area contributed by atoms with Gasteiger partial charge in [0.15, 0.2) is 0 Å². The number of anilines is 1. The van der Waals surface area contributed by atoms with Crippen molar-refractivity contribution < 1.29 is 19.4 Å². The summed E-state index contributed by atoms with van der Waals surface area (Å²) in [5, 5.41) is 14.8. The maximum atomic E-state index is 11.8. The van der Waals surface area contributed by atoms with E-state index in [-0.39, 0.29) is 11.7 Å². The van der Waals surface area contributed by atoms with Gasteiger partial charge in [0.05, 0.1) is 11.7 Å². The topological polar surface area (TPSA) is 87.7 Å². The van der Waals surface area contributed by atoms with E-state index in [1.165, 1.54) is 11.3 Å². The molecule has 0 saturated heterocycles. The lowest BCUT2D eigenvalue weighted by molar-refractivity contribution is 0.0697. The number of urea groups is 1. The van der Waals surface area contributed by atoms with Crippen LogP contribution in [0.3, 0.4) is 0 Å². The molecule has 0 aromatic carbocycles. The highest BCUT2D eigenvalue weighted by molar-refractivity contribution is 7.16. The second-order valence-corrected chi connectivity index (χ2v) is 5.62. The summed E-state index contributed by atoms with van der Waals surface area (Å²) in [6.07, 6.45) is -0.0866. The lowest BCUT2D eigenvalue weighted by Crippen LogP contribution is -2.35. The number of rotatable bonds is 6. The van der Waals surface area contributed by atoms with Gasteiger partial charge in [0.25, 0.3) is 0 Å². The van der Waals surface area contributed by atoms with Crippen LogP contribution in [0, 0.1) is 13.8 Å². The summed E-state index contributed by atoms with van der Waals surface area (Å²) >= 11 is 1.26. The molecule has 2 amide bonds. The summed E-state index contributed by atoms with van der Waals surface area (Å²) in [7, 11) is 0. The van der Waals surface area contributed by atoms with E-state index in [0.717, 1.165) is 4.88 Å². The summed E-state index contributed by atoms with van der Waals surface area (Å²) in [4.78, 5) is 23.8. The molecule has 0 aliphatic heterocycles. The van der Waals surface area contributed by atoms with E-state index in [0.29, 0.717) is 23.7 Å². The Kier molecular flexibility index (Phi) is 5.97. The predicted molar refractivity (Wildman–Crippen MR) is 78.9 cm³/mol. The van der Waals surface area contributed by atoms with Gasteiger partial charge in [-0.25, -0.2) is 9.59 Å². The summed E-state index contributed by atoms with van der Waals surface area (Å²) in [6, 6.07) is -0.430. The highest BCUT2D eigenvalue weighted by Crippen LogP contribution is 2.32. The maximum absolute atomic E-state index is 11.8. The van der Waals surface area contributed by atoms with Crippen LogP contribution in [0.5, 0.6) is 0 Å². The number of hydrogen-bond donors (Lipinski definition) is 3. The van der Waals surface area contributed by atoms with Crippen LogP contribution in [0.2, 0.25) is 0 Å². The number of amides is 2. The SMILES string of the molecule is CCOC(C)CNC(=O)Nc1sc(C)c(C)c1C(=O)O. The third-order valence-corrected chi connectivity index (χ3v) is 3.95. The van der Waals surface area contributed by atoms with Crippen molar-refractivity contribution in [1.82, 2.24) is 5.32 Å². The number of carbonyl (C=O) groups is 2. The molecule has 0 aliphatic rings. The molecule has 0 spiro atoms. The number of aryl methyl sites for hydroxylation is 1. The Bertz CT molecular complexity index is 499. The van der Waals surface area contributed by atoms with Gasteiger partial charge in [-0.15, -0.1) is 11.3 Å². The normalized spacial score (nSPS) is 12.0. The molecular formula is C13H20N2O4S. The molecule has 0 bridgehead atoms. The fourth-order valence-corrected chi connectivity index (χ4v) is 2.75. The molecule has 1 heterocycles. The van der Waals surface area contributed by atoms with Gasteiger partial charge in [-0.3, -0.25) is 5.32 Å². The summed E-state index contributed by atoms with van der Waals surface area (Å²) in [6.45, 7) is 8.24. The van der Waals surface area contributed by atoms with E-state index in [4.69, 9.17) is 4.74 Å². The fourth-order valence-electron chi connectivity index (χ4n) is 1.70. The molecule has 0 saturated carbocycles. The van der Waals surface area contributed by atoms with Gasteiger partial charge in [-0.1, -0.05) is 0 Å². The summed E-state index contributed by atoms with van der Waals surface area (Å²) in [5.74, 6) is -1.04. The Morgan fingerprint density at radius 3 is 2.60 bits per heavy atom. The third-order valence-electron chi connectivity index (χ3n) is 2.83. The zero-order chi connectivity index (χ0) is 15.3. The predicted octanol–water partition coefficient (Wildman–Crippen LogP) is 2.61. The first-order valence-corrected chi connectivity index (χ1v) is 7.18. The van der Waals surface area contributed by atoms with Crippen molar-refractivity contribution >= 4 is 28.3 Å². The maximum Gasteiger partial charge on any atom is 0.338 e. The van der Waals surface area contributed by atoms with Gasteiger partial charge in [0, 0.05) is 18.0 Å². The van der Waals surface area contributed by atoms with E-state index >= 15 is 0 Å². The number of nitrogens with one attached hydrogen (secondary N) is 2. The van der Waals surface area contributed by atoms with Gasteiger partial charge in [0.1, 0.15) is 5.00 Å². The zero-order valence-electron chi connectivity index (χ0n) is 12.1. The standard InChI is InChI=1S/C13H20N2O4S/c1-5-19-7(2)6-14-13(18)15-11-10(12(16)17)8(3)9(4)20-11/h7H,5-6H2,1-4H3,(H,16,17)(H2,14,15,18). The number of carboxylic acid groups (broad SMARTS) is 1. The van der Waals surface area contributed by atoms with Crippen molar-refractivity contribution in [2.45, 2.75) is 33.8 Å². The monoisotopic (exact) mass is 300 g/mol. The smallest absolute Gasteiger partial charge is 0.338 e. The average Bonchev–Trinajstić information content (AvgIpc) is 2.62. The van der Waals surface area contributed by atoms with Crippen molar-refractivity contribution in [2.24, 2.45) is 0 Å². The molecule has 1 unspecified atom stereocenters. The van der Waals surface area contributed by atoms with Gasteiger partial charge < -0.3 is 15.2 Å². The van der Waals surface area contributed by atoms with Gasteiger partial charge in [0.2, 0.25) is 0 Å². The molecule has 0 aliphatic carbocycles. The third kappa shape index (κ3) is 4.21. The van der Waals surface area contributed by atoms with Crippen LogP contribution >= 0.6 is 11.3 Å². The molecule has 1 aromatic heterocycles. The van der Waals surface area contributed by atoms with E-state index in [9.17, 15) is 14.7 Å². The number of thiophene rings is 1. The van der Waals surface area contributed by atoms with E-state index in [1.54, 1.807) is 6.92 Å². The van der Waals surface area contributed by atoms with E-state index in [2.05, 4.69) is 10.6 Å². The van der Waals surface area contributed by atoms with Crippen molar-refractivity contribution in [2.75, 3.05) is 18.5 Å². The van der Waals surface area contributed by atoms with Crippen molar-refractivity contribution in [3.8, 4) is 0 Å². The summed E-state index contributed by atoms with van der Waals surface area (Å²) in [5.41, 5.74) is 0.834. The highest BCUT2D eigenvalue weighted by atomic mass is 32.1. The van der Waals surface area contributed by atoms with Crippen molar-refractivity contribution in [3.05, 3.63) is 16.0 Å². The summed E-state index contributed by atoms with van der Waals surface area (Å²) < 4.78 is 5.29. The minimum absolute atomic E-state index is 0.0866. The molecule has 6 nitrogen and oxygen atoms in total. The Hall–Kier alpha value is -1.60. The second kappa shape index (κ2) is 7.25. The number of hydrogen-bond acceptors (Lipinski definition) is 4. The molecule has 112 valence electrons. The van der Waals surface area contributed by atoms with Crippen LogP contribution in [0.4, 0.5) is 9.80 Å². The fraction of sp³-hybridized carbons (Fsp3) is 0.538. The minimum atomic E-state index is -1.04. The Labute approximate surface area is 122 Å². The molecule has 20 heavy (non-hydrogen) atoms. The highest BCUT2D eigenvalue weighted by Gasteiger charge is 2.20. The zero-order valence-corrected chi connectivity index (χ0v) is 12.9. The van der Waals surface area contributed by atoms with Crippen molar-refractivity contribution in [3.63, 3.8) is 0 Å². The van der Waals surface area contributed by atoms with Crippen LogP contribution < -0.4 is 10.6 Å². The number of ether oxygens (including phenoxy) is 1. The van der Waals surface area contributed by atoms with Crippen LogP contribution in [0.25, 0.3) is 0 Å². The molecule has 7 heteroatoms. The lowest BCUT2D eigenvalue weighted by Gasteiger charge is -2.13. The van der Waals surface area contributed by atoms with E-state index < -0.39 is 12.0 Å². The first-order valence-electron chi connectivity index (χ1n) is 6.36. The van der Waals surface area contributed by atoms with Crippen molar-refractivity contribution in [1.29, 1.82) is 0 Å². The second-order valence-electron chi connectivity index (χ2n) is 4.39. The lowest BCUT2D eigenvalue weighted by atomic mass is 10.1. The minimum Gasteiger partial charge on any atom is -0.478 e. The van der Waals surface area contributed by atoms with Gasteiger partial charge >= 0.3 is 12.0 Å². The average molecular weight is 300 g/mol. The molecule has 1 rings (SSSR count). The molecule has 0 fully saturated rings. The Morgan fingerprint density at radius 2 is 2.05 bits per heavy atom. The first-order chi connectivity index (χ1) is 9.36. The largest absolute Gasteiger partial charge is 0.478 e. The number of aromatic carboxylic acids is 1. The number of carbonyl (C=O) groups excluding carboxylic acids is 1. The molecule has 0 radical (unpaired) electrons. The van der Waals surface area contributed by atoms with Crippen LogP contribution in [0.1, 0.15) is 34.6 Å². The van der Waals surface area contributed by atoms with E-state index in [1.807, 2.05) is 20.8 Å². The Morgan fingerprint density at radius 1 is 1.40 bits per heavy atom. The molecule has 3 N–H and O–H groups in total. The number of carboxylic acids is 1. The van der Waals surface area contributed by atoms with Crippen LogP contribution in [0.15, 0.2) is 0 Å². The quantitative estimate of drug-likeness (QED) is 0.753. The molecule has 1 aromatic rings. The molecule has 1 atom stereocenters. The Balaban J connectivity index is 2.67. The van der Waals surface area contributed by atoms with Crippen LogP contribution in [-0.4, -0.2) is 36.4 Å². The molecular weight excluding hydrogens is 280 g/mol. The van der Waals surface area contributed by atoms with Gasteiger partial charge in [-0.2, -0.15) is 0 Å². The van der Waals surface area contributed by atoms with Gasteiger partial charge in [-0.05, 0) is 33.3 Å².